The molecule has 2 heterocycles. The average Bonchev–Trinajstić information content (AvgIpc) is 3.27. The van der Waals surface area contributed by atoms with Gasteiger partial charge >= 0.3 is 0 Å². The molecule has 2 aromatic rings. The Morgan fingerprint density at radius 1 is 0.966 bits per heavy atom. The number of anilines is 2. The van der Waals surface area contributed by atoms with Crippen LogP contribution in [0.25, 0.3) is 0 Å². The molecule has 2 aliphatic heterocycles. The van der Waals surface area contributed by atoms with Crippen LogP contribution in [-0.2, 0) is 17.8 Å². The molecule has 0 radical (unpaired) electrons. The molecular weight excluding hydrogens is 409 g/mol. The van der Waals surface area contributed by atoms with Crippen molar-refractivity contribution in [2.24, 2.45) is 0 Å². The minimum atomic E-state index is -1.16. The monoisotopic (exact) mass is 431 g/mol. The molecule has 2 aromatic carbocycles. The Balaban J connectivity index is 1.67. The number of hydrogen-bond acceptors (Lipinski definition) is 3. The summed E-state index contributed by atoms with van der Waals surface area (Å²) >= 11 is 11.3. The lowest BCUT2D eigenvalue weighted by atomic mass is 9.98. The van der Waals surface area contributed by atoms with Crippen LogP contribution in [0.4, 0.5) is 11.4 Å². The summed E-state index contributed by atoms with van der Waals surface area (Å²) in [5.41, 5.74) is 4.65. The molecule has 4 rings (SSSR count). The first-order valence-electron chi connectivity index (χ1n) is 9.87. The van der Waals surface area contributed by atoms with Crippen LogP contribution in [0.5, 0.6) is 0 Å². The largest absolute Gasteiger partial charge is 0.366 e. The van der Waals surface area contributed by atoms with Crippen LogP contribution >= 0.6 is 23.2 Å². The van der Waals surface area contributed by atoms with Gasteiger partial charge in [-0.1, -0.05) is 47.5 Å². The highest BCUT2D eigenvalue weighted by Crippen LogP contribution is 2.31. The lowest BCUT2D eigenvalue weighted by Gasteiger charge is -2.33. The van der Waals surface area contributed by atoms with Gasteiger partial charge in [0.1, 0.15) is 0 Å². The second-order valence-electron chi connectivity index (χ2n) is 7.46. The van der Waals surface area contributed by atoms with Gasteiger partial charge in [-0.05, 0) is 48.6 Å². The molecule has 0 aromatic heterocycles. The van der Waals surface area contributed by atoms with Gasteiger partial charge in [0.05, 0.1) is 5.56 Å². The molecule has 5 nitrogen and oxygen atoms in total. The first-order chi connectivity index (χ1) is 14.0. The highest BCUT2D eigenvalue weighted by molar-refractivity contribution is 6.54. The Hall–Kier alpha value is -2.24. The minimum Gasteiger partial charge on any atom is -0.366 e. The highest BCUT2D eigenvalue weighted by Gasteiger charge is 2.26. The SMILES string of the molecule is O=C(Nc1ccc(N2CCc3ccccc3C2)c(C(=O)N2CCCC2)c1)C(Cl)Cl. The predicted octanol–water partition coefficient (Wildman–Crippen LogP) is 4.23. The van der Waals surface area contributed by atoms with Crippen LogP contribution in [0.1, 0.15) is 34.3 Å². The van der Waals surface area contributed by atoms with Crippen molar-refractivity contribution in [3.8, 4) is 0 Å². The number of rotatable bonds is 4. The number of carbonyl (C=O) groups excluding carboxylic acids is 2. The van der Waals surface area contributed by atoms with Crippen molar-refractivity contribution in [1.29, 1.82) is 0 Å². The Morgan fingerprint density at radius 2 is 1.69 bits per heavy atom. The zero-order valence-corrected chi connectivity index (χ0v) is 17.5. The number of halogens is 2. The summed E-state index contributed by atoms with van der Waals surface area (Å²) in [6.45, 7) is 3.13. The first-order valence-corrected chi connectivity index (χ1v) is 10.7. The van der Waals surface area contributed by atoms with Crippen molar-refractivity contribution in [2.75, 3.05) is 29.9 Å². The molecule has 0 spiro atoms. The van der Waals surface area contributed by atoms with Crippen molar-refractivity contribution in [2.45, 2.75) is 30.6 Å². The van der Waals surface area contributed by atoms with E-state index in [0.29, 0.717) is 11.3 Å². The van der Waals surface area contributed by atoms with Gasteiger partial charge in [-0.2, -0.15) is 0 Å². The number of fused-ring (bicyclic) bond motifs is 1. The smallest absolute Gasteiger partial charge is 0.257 e. The maximum Gasteiger partial charge on any atom is 0.257 e. The van der Waals surface area contributed by atoms with Crippen molar-refractivity contribution >= 4 is 46.4 Å². The van der Waals surface area contributed by atoms with Crippen LogP contribution in [0.15, 0.2) is 42.5 Å². The molecule has 0 bridgehead atoms. The molecule has 0 atom stereocenters. The summed E-state index contributed by atoms with van der Waals surface area (Å²) in [6, 6.07) is 13.9. The number of nitrogens with zero attached hydrogens (tertiary/aromatic N) is 2. The summed E-state index contributed by atoms with van der Waals surface area (Å²) in [7, 11) is 0. The van der Waals surface area contributed by atoms with E-state index >= 15 is 0 Å². The molecule has 152 valence electrons. The molecule has 7 heteroatoms. The summed E-state index contributed by atoms with van der Waals surface area (Å²) in [5, 5.41) is 2.68. The number of likely N-dealkylation sites (tertiary alicyclic amines) is 1. The van der Waals surface area contributed by atoms with E-state index in [2.05, 4.69) is 28.4 Å². The van der Waals surface area contributed by atoms with E-state index in [1.54, 1.807) is 12.1 Å². The van der Waals surface area contributed by atoms with Gasteiger partial charge in [-0.25, -0.2) is 0 Å². The molecule has 29 heavy (non-hydrogen) atoms. The van der Waals surface area contributed by atoms with E-state index < -0.39 is 10.7 Å². The van der Waals surface area contributed by atoms with E-state index in [1.165, 1.54) is 11.1 Å². The van der Waals surface area contributed by atoms with Crippen LogP contribution in [0, 0.1) is 0 Å². The maximum absolute atomic E-state index is 13.3. The third-order valence-corrected chi connectivity index (χ3v) is 5.95. The molecule has 2 amide bonds. The summed E-state index contributed by atoms with van der Waals surface area (Å²) < 4.78 is 0. The lowest BCUT2D eigenvalue weighted by molar-refractivity contribution is -0.114. The number of hydrogen-bond donors (Lipinski definition) is 1. The topological polar surface area (TPSA) is 52.7 Å². The second-order valence-corrected chi connectivity index (χ2v) is 8.56. The quantitative estimate of drug-likeness (QED) is 0.736. The molecule has 2 aliphatic rings. The van der Waals surface area contributed by atoms with Crippen LogP contribution in [-0.4, -0.2) is 41.2 Å². The minimum absolute atomic E-state index is 0.000699. The fraction of sp³-hybridized carbons (Fsp3) is 0.364. The Kier molecular flexibility index (Phi) is 5.97. The van der Waals surface area contributed by atoms with Crippen LogP contribution in [0.3, 0.4) is 0 Å². The van der Waals surface area contributed by atoms with Gasteiger partial charge in [0.2, 0.25) is 0 Å². The van der Waals surface area contributed by atoms with E-state index in [-0.39, 0.29) is 5.91 Å². The van der Waals surface area contributed by atoms with Gasteiger partial charge in [0, 0.05) is 37.6 Å². The van der Waals surface area contributed by atoms with E-state index in [0.717, 1.165) is 51.1 Å². The molecule has 1 fully saturated rings. The van der Waals surface area contributed by atoms with Gasteiger partial charge in [0.25, 0.3) is 11.8 Å². The number of alkyl halides is 2. The van der Waals surface area contributed by atoms with Gasteiger partial charge in [-0.15, -0.1) is 0 Å². The number of nitrogens with one attached hydrogen (secondary N) is 1. The molecule has 0 aliphatic carbocycles. The van der Waals surface area contributed by atoms with Crippen molar-refractivity contribution in [1.82, 2.24) is 4.90 Å². The fourth-order valence-electron chi connectivity index (χ4n) is 4.05. The van der Waals surface area contributed by atoms with Gasteiger partial charge < -0.3 is 15.1 Å². The lowest BCUT2D eigenvalue weighted by Crippen LogP contribution is -2.34. The first kappa shape index (κ1) is 20.0. The van der Waals surface area contributed by atoms with E-state index in [4.69, 9.17) is 23.2 Å². The Labute approximate surface area is 180 Å². The number of benzene rings is 2. The van der Waals surface area contributed by atoms with E-state index in [1.807, 2.05) is 17.0 Å². The second kappa shape index (κ2) is 8.64. The van der Waals surface area contributed by atoms with Crippen LogP contribution in [0.2, 0.25) is 0 Å². The predicted molar refractivity (Wildman–Crippen MR) is 117 cm³/mol. The molecule has 1 N–H and O–H groups in total. The van der Waals surface area contributed by atoms with Crippen LogP contribution < -0.4 is 10.2 Å². The Morgan fingerprint density at radius 3 is 2.41 bits per heavy atom. The van der Waals surface area contributed by atoms with Gasteiger partial charge in [0.15, 0.2) is 4.84 Å². The Bertz CT molecular complexity index is 926. The zero-order chi connectivity index (χ0) is 20.4. The fourth-order valence-corrected chi connectivity index (χ4v) is 4.16. The summed E-state index contributed by atoms with van der Waals surface area (Å²) in [4.78, 5) is 28.1. The molecule has 0 saturated carbocycles. The van der Waals surface area contributed by atoms with Crippen molar-refractivity contribution < 1.29 is 9.59 Å². The third kappa shape index (κ3) is 4.36. The standard InChI is InChI=1S/C22H23Cl2N3O2/c23-20(24)21(28)25-17-7-8-19(18(13-17)22(29)26-10-3-4-11-26)27-12-9-15-5-1-2-6-16(15)14-27/h1-2,5-8,13,20H,3-4,9-12,14H2,(H,25,28). The summed E-state index contributed by atoms with van der Waals surface area (Å²) in [5.74, 6) is -0.506. The maximum atomic E-state index is 13.3. The summed E-state index contributed by atoms with van der Waals surface area (Å²) in [6.07, 6.45) is 2.98. The average molecular weight is 432 g/mol. The third-order valence-electron chi connectivity index (χ3n) is 5.56. The van der Waals surface area contributed by atoms with Crippen molar-refractivity contribution in [3.63, 3.8) is 0 Å². The highest BCUT2D eigenvalue weighted by atomic mass is 35.5. The molecule has 0 unspecified atom stereocenters. The number of carbonyl (C=O) groups is 2. The number of amides is 2. The zero-order valence-electron chi connectivity index (χ0n) is 16.0. The molecule has 1 saturated heterocycles. The molecular formula is C22H23Cl2N3O2. The van der Waals surface area contributed by atoms with Gasteiger partial charge in [-0.3, -0.25) is 9.59 Å². The van der Waals surface area contributed by atoms with Crippen molar-refractivity contribution in [3.05, 3.63) is 59.2 Å². The normalized spacial score (nSPS) is 16.1. The van der Waals surface area contributed by atoms with E-state index in [9.17, 15) is 9.59 Å².